The molecule has 94 valence electrons. The number of carbonyl (C=O) groups is 2. The maximum absolute atomic E-state index is 12.1. The number of rotatable bonds is 5. The zero-order valence-corrected chi connectivity index (χ0v) is 10.3. The summed E-state index contributed by atoms with van der Waals surface area (Å²) in [6, 6.07) is 0. The summed E-state index contributed by atoms with van der Waals surface area (Å²) in [5.41, 5.74) is 1.31. The fraction of sp³-hybridized carbons (Fsp3) is 0.545. The molecule has 0 aliphatic rings. The largest absolute Gasteiger partial charge is 0.481 e. The average Bonchev–Trinajstić information content (AvgIpc) is 2.60. The number of carboxylic acids is 1. The van der Waals surface area contributed by atoms with Crippen LogP contribution in [-0.4, -0.2) is 44.8 Å². The maximum atomic E-state index is 12.1. The van der Waals surface area contributed by atoms with Gasteiger partial charge in [-0.25, -0.2) is 0 Å². The summed E-state index contributed by atoms with van der Waals surface area (Å²) in [4.78, 5) is 24.1. The molecule has 1 heterocycles. The minimum Gasteiger partial charge on any atom is -0.481 e. The minimum absolute atomic E-state index is 0.0428. The Bertz CT molecular complexity index is 426. The third-order valence-corrected chi connectivity index (χ3v) is 2.73. The van der Waals surface area contributed by atoms with Crippen molar-refractivity contribution in [2.75, 3.05) is 13.1 Å². The van der Waals surface area contributed by atoms with Gasteiger partial charge in [-0.2, -0.15) is 5.10 Å². The average molecular weight is 239 g/mol. The van der Waals surface area contributed by atoms with Crippen LogP contribution in [0.1, 0.15) is 29.4 Å². The summed E-state index contributed by atoms with van der Waals surface area (Å²) in [6.07, 6.45) is 1.47. The van der Waals surface area contributed by atoms with E-state index in [4.69, 9.17) is 5.11 Å². The standard InChI is InChI=1S/C11H17N3O3/c1-4-14(6-5-10(15)16)11(17)9-7-12-13(3)8(9)2/h7H,4-6H2,1-3H3,(H,15,16). The Morgan fingerprint density at radius 1 is 1.53 bits per heavy atom. The molecular formula is C11H17N3O3. The minimum atomic E-state index is -0.904. The Hall–Kier alpha value is -1.85. The predicted octanol–water partition coefficient (Wildman–Crippen LogP) is 0.665. The SMILES string of the molecule is CCN(CCC(=O)O)C(=O)c1cnn(C)c1C. The Morgan fingerprint density at radius 2 is 2.18 bits per heavy atom. The van der Waals surface area contributed by atoms with E-state index in [1.54, 1.807) is 11.7 Å². The van der Waals surface area contributed by atoms with E-state index in [0.717, 1.165) is 5.69 Å². The van der Waals surface area contributed by atoms with E-state index in [-0.39, 0.29) is 18.9 Å². The highest BCUT2D eigenvalue weighted by atomic mass is 16.4. The highest BCUT2D eigenvalue weighted by Gasteiger charge is 2.19. The van der Waals surface area contributed by atoms with Gasteiger partial charge in [-0.1, -0.05) is 0 Å². The molecule has 0 saturated heterocycles. The third kappa shape index (κ3) is 3.05. The number of aromatic nitrogens is 2. The van der Waals surface area contributed by atoms with Crippen molar-refractivity contribution in [2.45, 2.75) is 20.3 Å². The van der Waals surface area contributed by atoms with Crippen molar-refractivity contribution >= 4 is 11.9 Å². The Morgan fingerprint density at radius 3 is 2.59 bits per heavy atom. The summed E-state index contributed by atoms with van der Waals surface area (Å²) in [7, 11) is 1.76. The zero-order chi connectivity index (χ0) is 13.0. The number of aliphatic carboxylic acids is 1. The zero-order valence-electron chi connectivity index (χ0n) is 10.3. The number of amides is 1. The van der Waals surface area contributed by atoms with Gasteiger partial charge < -0.3 is 10.0 Å². The van der Waals surface area contributed by atoms with Crippen molar-refractivity contribution in [3.8, 4) is 0 Å². The van der Waals surface area contributed by atoms with Crippen LogP contribution in [0.4, 0.5) is 0 Å². The number of nitrogens with zero attached hydrogens (tertiary/aromatic N) is 3. The molecule has 0 bridgehead atoms. The van der Waals surface area contributed by atoms with Gasteiger partial charge in [0.25, 0.3) is 5.91 Å². The molecule has 1 aromatic rings. The molecule has 6 nitrogen and oxygen atoms in total. The first-order chi connectivity index (χ1) is 7.97. The van der Waals surface area contributed by atoms with Gasteiger partial charge in [-0.3, -0.25) is 14.3 Å². The Balaban J connectivity index is 2.79. The van der Waals surface area contributed by atoms with Crippen molar-refractivity contribution in [1.82, 2.24) is 14.7 Å². The van der Waals surface area contributed by atoms with E-state index >= 15 is 0 Å². The van der Waals surface area contributed by atoms with Crippen LogP contribution in [0.15, 0.2) is 6.20 Å². The normalized spacial score (nSPS) is 10.3. The predicted molar refractivity (Wildman–Crippen MR) is 61.8 cm³/mol. The molecule has 0 aromatic carbocycles. The van der Waals surface area contributed by atoms with E-state index in [1.807, 2.05) is 13.8 Å². The second-order valence-electron chi connectivity index (χ2n) is 3.80. The van der Waals surface area contributed by atoms with Gasteiger partial charge in [0.15, 0.2) is 0 Å². The van der Waals surface area contributed by atoms with E-state index in [0.29, 0.717) is 12.1 Å². The van der Waals surface area contributed by atoms with Crippen LogP contribution in [0.5, 0.6) is 0 Å². The first kappa shape index (κ1) is 13.2. The summed E-state index contributed by atoms with van der Waals surface area (Å²) < 4.78 is 1.62. The van der Waals surface area contributed by atoms with Crippen molar-refractivity contribution in [3.05, 3.63) is 17.5 Å². The van der Waals surface area contributed by atoms with Crippen LogP contribution in [0.2, 0.25) is 0 Å². The third-order valence-electron chi connectivity index (χ3n) is 2.73. The molecule has 1 amide bonds. The summed E-state index contributed by atoms with van der Waals surface area (Å²) in [5, 5.41) is 12.6. The van der Waals surface area contributed by atoms with Gasteiger partial charge in [-0.05, 0) is 13.8 Å². The smallest absolute Gasteiger partial charge is 0.305 e. The van der Waals surface area contributed by atoms with E-state index < -0.39 is 5.97 Å². The lowest BCUT2D eigenvalue weighted by Gasteiger charge is -2.19. The molecular weight excluding hydrogens is 222 g/mol. The van der Waals surface area contributed by atoms with Crippen molar-refractivity contribution in [1.29, 1.82) is 0 Å². The lowest BCUT2D eigenvalue weighted by Crippen LogP contribution is -2.33. The molecule has 0 unspecified atom stereocenters. The second kappa shape index (κ2) is 5.47. The number of hydrogen-bond donors (Lipinski definition) is 1. The lowest BCUT2D eigenvalue weighted by molar-refractivity contribution is -0.137. The monoisotopic (exact) mass is 239 g/mol. The Kier molecular flexibility index (Phi) is 4.25. The molecule has 0 fully saturated rings. The quantitative estimate of drug-likeness (QED) is 0.819. The number of hydrogen-bond acceptors (Lipinski definition) is 3. The highest BCUT2D eigenvalue weighted by molar-refractivity contribution is 5.95. The number of carboxylic acid groups (broad SMARTS) is 1. The van der Waals surface area contributed by atoms with Gasteiger partial charge in [0, 0.05) is 25.8 Å². The van der Waals surface area contributed by atoms with Crippen LogP contribution in [-0.2, 0) is 11.8 Å². The van der Waals surface area contributed by atoms with E-state index in [9.17, 15) is 9.59 Å². The van der Waals surface area contributed by atoms with Crippen molar-refractivity contribution in [2.24, 2.45) is 7.05 Å². The molecule has 1 rings (SSSR count). The second-order valence-corrected chi connectivity index (χ2v) is 3.80. The summed E-state index contributed by atoms with van der Waals surface area (Å²) in [5.74, 6) is -1.07. The van der Waals surface area contributed by atoms with Crippen molar-refractivity contribution < 1.29 is 14.7 Å². The van der Waals surface area contributed by atoms with Gasteiger partial charge >= 0.3 is 5.97 Å². The van der Waals surface area contributed by atoms with E-state index in [1.165, 1.54) is 11.1 Å². The molecule has 1 aromatic heterocycles. The van der Waals surface area contributed by atoms with Crippen LogP contribution in [0.25, 0.3) is 0 Å². The Labute approximate surface area is 99.8 Å². The van der Waals surface area contributed by atoms with Crippen LogP contribution in [0.3, 0.4) is 0 Å². The van der Waals surface area contributed by atoms with E-state index in [2.05, 4.69) is 5.10 Å². The molecule has 0 saturated carbocycles. The molecule has 1 N–H and O–H groups in total. The topological polar surface area (TPSA) is 75.4 Å². The number of carbonyl (C=O) groups excluding carboxylic acids is 1. The summed E-state index contributed by atoms with van der Waals surface area (Å²) in [6.45, 7) is 4.34. The maximum Gasteiger partial charge on any atom is 0.305 e. The fourth-order valence-electron chi connectivity index (χ4n) is 1.51. The van der Waals surface area contributed by atoms with Gasteiger partial charge in [-0.15, -0.1) is 0 Å². The first-order valence-electron chi connectivity index (χ1n) is 5.47. The molecule has 0 atom stereocenters. The molecule has 0 aliphatic heterocycles. The fourth-order valence-corrected chi connectivity index (χ4v) is 1.51. The summed E-state index contributed by atoms with van der Waals surface area (Å²) >= 11 is 0. The van der Waals surface area contributed by atoms with Crippen LogP contribution >= 0.6 is 0 Å². The van der Waals surface area contributed by atoms with Gasteiger partial charge in [0.05, 0.1) is 18.2 Å². The highest BCUT2D eigenvalue weighted by Crippen LogP contribution is 2.09. The molecule has 0 aliphatic carbocycles. The number of aryl methyl sites for hydroxylation is 1. The van der Waals surface area contributed by atoms with Crippen LogP contribution in [0, 0.1) is 6.92 Å². The molecule has 0 radical (unpaired) electrons. The molecule has 6 heteroatoms. The van der Waals surface area contributed by atoms with Gasteiger partial charge in [0.2, 0.25) is 0 Å². The molecule has 17 heavy (non-hydrogen) atoms. The first-order valence-corrected chi connectivity index (χ1v) is 5.47. The lowest BCUT2D eigenvalue weighted by atomic mass is 10.2. The van der Waals surface area contributed by atoms with Crippen LogP contribution < -0.4 is 0 Å². The van der Waals surface area contributed by atoms with Gasteiger partial charge in [0.1, 0.15) is 0 Å². The molecule has 0 spiro atoms. The van der Waals surface area contributed by atoms with Crippen molar-refractivity contribution in [3.63, 3.8) is 0 Å².